The van der Waals surface area contributed by atoms with E-state index in [-0.39, 0.29) is 16.9 Å². The van der Waals surface area contributed by atoms with E-state index >= 15 is 0 Å². The Labute approximate surface area is 166 Å². The van der Waals surface area contributed by atoms with E-state index in [4.69, 9.17) is 4.74 Å². The molecule has 0 aromatic heterocycles. The van der Waals surface area contributed by atoms with E-state index < -0.39 is 28.7 Å². The summed E-state index contributed by atoms with van der Waals surface area (Å²) >= 11 is 0. The van der Waals surface area contributed by atoms with Gasteiger partial charge in [-0.05, 0) is 37.3 Å². The van der Waals surface area contributed by atoms with E-state index in [0.29, 0.717) is 17.0 Å². The predicted octanol–water partition coefficient (Wildman–Crippen LogP) is 3.66. The first-order chi connectivity index (χ1) is 13.5. The molecule has 10 heteroatoms. The molecule has 0 saturated heterocycles. The summed E-state index contributed by atoms with van der Waals surface area (Å²) in [6.07, 6.45) is -4.72. The lowest BCUT2D eigenvalue weighted by Crippen LogP contribution is -2.33. The molecule has 1 heterocycles. The van der Waals surface area contributed by atoms with Crippen LogP contribution in [0.2, 0.25) is 0 Å². The zero-order valence-electron chi connectivity index (χ0n) is 15.6. The van der Waals surface area contributed by atoms with Crippen molar-refractivity contribution in [2.45, 2.75) is 36.9 Å². The summed E-state index contributed by atoms with van der Waals surface area (Å²) in [5, 5.41) is 2.64. The van der Waals surface area contributed by atoms with Crippen LogP contribution in [0.25, 0.3) is 0 Å². The molecule has 2 aromatic rings. The fraction of sp³-hybridized carbons (Fsp3) is 0.316. The number of benzene rings is 2. The van der Waals surface area contributed by atoms with Crippen molar-refractivity contribution in [2.24, 2.45) is 0 Å². The number of hydrogen-bond donors (Lipinski definition) is 2. The van der Waals surface area contributed by atoms with Crippen molar-refractivity contribution in [3.8, 4) is 5.75 Å². The number of ether oxygens (including phenoxy) is 1. The van der Waals surface area contributed by atoms with Crippen molar-refractivity contribution in [3.05, 3.63) is 53.6 Å². The molecule has 0 spiro atoms. The number of nitrogens with one attached hydrogen (secondary N) is 2. The van der Waals surface area contributed by atoms with Crippen LogP contribution in [0.5, 0.6) is 5.75 Å². The standard InChI is InChI=1S/C19H19F3N2O4S/c1-11-12(2)28-17-15(11)4-3-5-16(17)18(25)24-13-6-8-14(9-7-13)29(26,27)23-10-19(20,21)22/h3-9,11-12,23H,10H2,1-2H3,(H,24,25). The third-order valence-corrected chi connectivity index (χ3v) is 6.09. The summed E-state index contributed by atoms with van der Waals surface area (Å²) in [5.41, 5.74) is 1.58. The Kier molecular flexibility index (Phi) is 5.59. The molecule has 2 atom stereocenters. The van der Waals surface area contributed by atoms with Gasteiger partial charge in [0.1, 0.15) is 18.4 Å². The van der Waals surface area contributed by atoms with Gasteiger partial charge in [-0.15, -0.1) is 0 Å². The zero-order chi connectivity index (χ0) is 21.4. The monoisotopic (exact) mass is 428 g/mol. The van der Waals surface area contributed by atoms with Gasteiger partial charge in [-0.25, -0.2) is 13.1 Å². The summed E-state index contributed by atoms with van der Waals surface area (Å²) in [6, 6.07) is 10.1. The third-order valence-electron chi connectivity index (χ3n) is 4.67. The van der Waals surface area contributed by atoms with E-state index in [1.165, 1.54) is 16.9 Å². The largest absolute Gasteiger partial charge is 0.489 e. The maximum Gasteiger partial charge on any atom is 0.402 e. The number of halogens is 3. The molecule has 0 saturated carbocycles. The number of carbonyl (C=O) groups excluding carboxylic acids is 1. The van der Waals surface area contributed by atoms with E-state index in [0.717, 1.165) is 17.7 Å². The summed E-state index contributed by atoms with van der Waals surface area (Å²) in [5.74, 6) is 0.223. The lowest BCUT2D eigenvalue weighted by atomic mass is 9.97. The van der Waals surface area contributed by atoms with Crippen LogP contribution in [-0.2, 0) is 10.0 Å². The van der Waals surface area contributed by atoms with Crippen LogP contribution >= 0.6 is 0 Å². The Morgan fingerprint density at radius 3 is 2.38 bits per heavy atom. The van der Waals surface area contributed by atoms with E-state index in [1.54, 1.807) is 12.1 Å². The first-order valence-electron chi connectivity index (χ1n) is 8.75. The van der Waals surface area contributed by atoms with Crippen molar-refractivity contribution in [1.29, 1.82) is 0 Å². The molecule has 29 heavy (non-hydrogen) atoms. The van der Waals surface area contributed by atoms with Crippen LogP contribution in [-0.4, -0.2) is 33.1 Å². The van der Waals surface area contributed by atoms with Crippen LogP contribution in [0.1, 0.15) is 35.7 Å². The van der Waals surface area contributed by atoms with Gasteiger partial charge >= 0.3 is 6.18 Å². The first kappa shape index (κ1) is 21.1. The minimum absolute atomic E-state index is 0.0624. The molecule has 2 N–H and O–H groups in total. The van der Waals surface area contributed by atoms with Gasteiger partial charge in [0.05, 0.1) is 10.5 Å². The van der Waals surface area contributed by atoms with Crippen molar-refractivity contribution < 1.29 is 31.1 Å². The summed E-state index contributed by atoms with van der Waals surface area (Å²) in [6.45, 7) is 2.26. The second-order valence-corrected chi connectivity index (χ2v) is 8.52. The maximum absolute atomic E-state index is 12.6. The molecule has 2 aromatic carbocycles. The number of alkyl halides is 3. The first-order valence-corrected chi connectivity index (χ1v) is 10.2. The number of amides is 1. The summed E-state index contributed by atoms with van der Waals surface area (Å²) in [7, 11) is -4.31. The van der Waals surface area contributed by atoms with E-state index in [9.17, 15) is 26.4 Å². The van der Waals surface area contributed by atoms with E-state index in [2.05, 4.69) is 5.32 Å². The lowest BCUT2D eigenvalue weighted by molar-refractivity contribution is -0.121. The van der Waals surface area contributed by atoms with E-state index in [1.807, 2.05) is 19.9 Å². The van der Waals surface area contributed by atoms with Gasteiger partial charge < -0.3 is 10.1 Å². The quantitative estimate of drug-likeness (QED) is 0.761. The molecular weight excluding hydrogens is 409 g/mol. The normalized spacial score (nSPS) is 18.8. The molecule has 0 aliphatic carbocycles. The number of anilines is 1. The van der Waals surface area contributed by atoms with Gasteiger partial charge in [0.15, 0.2) is 0 Å². The van der Waals surface area contributed by atoms with Gasteiger partial charge in [-0.1, -0.05) is 19.1 Å². The smallest absolute Gasteiger partial charge is 0.402 e. The number of carbonyl (C=O) groups is 1. The minimum Gasteiger partial charge on any atom is -0.489 e. The summed E-state index contributed by atoms with van der Waals surface area (Å²) in [4.78, 5) is 12.3. The Bertz CT molecular complexity index is 1020. The second-order valence-electron chi connectivity index (χ2n) is 6.75. The molecule has 1 aliphatic rings. The van der Waals surface area contributed by atoms with Crippen LogP contribution in [0, 0.1) is 0 Å². The molecule has 1 aliphatic heterocycles. The molecule has 6 nitrogen and oxygen atoms in total. The Balaban J connectivity index is 1.74. The van der Waals surface area contributed by atoms with Gasteiger partial charge in [-0.3, -0.25) is 4.79 Å². The average molecular weight is 428 g/mol. The molecule has 3 rings (SSSR count). The maximum atomic E-state index is 12.6. The third kappa shape index (κ3) is 4.70. The van der Waals surface area contributed by atoms with Crippen molar-refractivity contribution in [3.63, 3.8) is 0 Å². The number of rotatable bonds is 5. The van der Waals surface area contributed by atoms with Gasteiger partial charge in [0.25, 0.3) is 5.91 Å². The van der Waals surface area contributed by atoms with Crippen LogP contribution in [0.3, 0.4) is 0 Å². The number of fused-ring (bicyclic) bond motifs is 1. The minimum atomic E-state index is -4.66. The highest BCUT2D eigenvalue weighted by Crippen LogP contribution is 2.40. The highest BCUT2D eigenvalue weighted by molar-refractivity contribution is 7.89. The highest BCUT2D eigenvalue weighted by atomic mass is 32.2. The number of para-hydroxylation sites is 1. The van der Waals surface area contributed by atoms with Crippen molar-refractivity contribution in [1.82, 2.24) is 4.72 Å². The molecule has 0 bridgehead atoms. The Hall–Kier alpha value is -2.59. The predicted molar refractivity (Wildman–Crippen MR) is 101 cm³/mol. The average Bonchev–Trinajstić information content (AvgIpc) is 2.94. The number of sulfonamides is 1. The second kappa shape index (κ2) is 7.68. The molecular formula is C19H19F3N2O4S. The Morgan fingerprint density at radius 1 is 1.10 bits per heavy atom. The highest BCUT2D eigenvalue weighted by Gasteiger charge is 2.31. The molecule has 0 radical (unpaired) electrons. The number of hydrogen-bond acceptors (Lipinski definition) is 4. The van der Waals surface area contributed by atoms with Gasteiger partial charge in [-0.2, -0.15) is 13.2 Å². The van der Waals surface area contributed by atoms with Crippen LogP contribution < -0.4 is 14.8 Å². The molecule has 2 unspecified atom stereocenters. The molecule has 1 amide bonds. The van der Waals surface area contributed by atoms with Gasteiger partial charge in [0, 0.05) is 17.2 Å². The zero-order valence-corrected chi connectivity index (χ0v) is 16.4. The van der Waals surface area contributed by atoms with Crippen molar-refractivity contribution in [2.75, 3.05) is 11.9 Å². The van der Waals surface area contributed by atoms with Crippen LogP contribution in [0.4, 0.5) is 18.9 Å². The molecule has 0 fully saturated rings. The van der Waals surface area contributed by atoms with Crippen molar-refractivity contribution >= 4 is 21.6 Å². The van der Waals surface area contributed by atoms with Gasteiger partial charge in [0.2, 0.25) is 10.0 Å². The SMILES string of the molecule is CC1Oc2c(C(=O)Nc3ccc(S(=O)(=O)NCC(F)(F)F)cc3)cccc2C1C. The molecule has 156 valence electrons. The topological polar surface area (TPSA) is 84.5 Å². The Morgan fingerprint density at radius 2 is 1.76 bits per heavy atom. The lowest BCUT2D eigenvalue weighted by Gasteiger charge is -2.11. The summed E-state index contributed by atoms with van der Waals surface area (Å²) < 4.78 is 67.8. The fourth-order valence-corrected chi connectivity index (χ4v) is 3.96. The van der Waals surface area contributed by atoms with Crippen LogP contribution in [0.15, 0.2) is 47.4 Å². The fourth-order valence-electron chi connectivity index (χ4n) is 2.94.